The van der Waals surface area contributed by atoms with Crippen molar-refractivity contribution in [3.05, 3.63) is 30.1 Å². The second-order valence-electron chi connectivity index (χ2n) is 3.37. The van der Waals surface area contributed by atoms with Crippen molar-refractivity contribution in [2.45, 2.75) is 24.3 Å². The average molecular weight is 247 g/mol. The standard InChI is InChI=1S/C10H14FNO3S/c1-2-9(13)7-12-16(14,15)10-5-3-8(11)4-6-10/h3-6,9,12-13H,2,7H2,1H3. The summed E-state index contributed by atoms with van der Waals surface area (Å²) in [7, 11) is -3.66. The highest BCUT2D eigenvalue weighted by atomic mass is 32.2. The number of hydrogen-bond acceptors (Lipinski definition) is 3. The molecule has 1 atom stereocenters. The van der Waals surface area contributed by atoms with Crippen molar-refractivity contribution >= 4 is 10.0 Å². The first-order chi connectivity index (χ1) is 7.45. The van der Waals surface area contributed by atoms with E-state index in [0.29, 0.717) is 6.42 Å². The van der Waals surface area contributed by atoms with Gasteiger partial charge >= 0.3 is 0 Å². The van der Waals surface area contributed by atoms with E-state index < -0.39 is 21.9 Å². The summed E-state index contributed by atoms with van der Waals surface area (Å²) in [5.41, 5.74) is 0. The molecule has 16 heavy (non-hydrogen) atoms. The molecule has 1 aromatic rings. The molecule has 0 aliphatic heterocycles. The second-order valence-corrected chi connectivity index (χ2v) is 5.13. The number of aliphatic hydroxyl groups is 1. The SMILES string of the molecule is CCC(O)CNS(=O)(=O)c1ccc(F)cc1. The first kappa shape index (κ1) is 13.1. The molecular formula is C10H14FNO3S. The normalized spacial score (nSPS) is 13.7. The molecule has 1 aromatic carbocycles. The van der Waals surface area contributed by atoms with Crippen molar-refractivity contribution in [1.29, 1.82) is 0 Å². The van der Waals surface area contributed by atoms with Gasteiger partial charge in [0.25, 0.3) is 0 Å². The van der Waals surface area contributed by atoms with E-state index in [0.717, 1.165) is 12.1 Å². The van der Waals surface area contributed by atoms with Crippen molar-refractivity contribution in [3.8, 4) is 0 Å². The highest BCUT2D eigenvalue weighted by Gasteiger charge is 2.14. The molecule has 6 heteroatoms. The van der Waals surface area contributed by atoms with Gasteiger partial charge < -0.3 is 5.11 Å². The lowest BCUT2D eigenvalue weighted by Gasteiger charge is -2.10. The first-order valence-electron chi connectivity index (χ1n) is 4.89. The van der Waals surface area contributed by atoms with Crippen LogP contribution in [0, 0.1) is 5.82 Å². The largest absolute Gasteiger partial charge is 0.392 e. The van der Waals surface area contributed by atoms with Gasteiger partial charge in [0, 0.05) is 6.54 Å². The van der Waals surface area contributed by atoms with E-state index in [1.807, 2.05) is 0 Å². The van der Waals surface area contributed by atoms with Crippen LogP contribution < -0.4 is 4.72 Å². The second kappa shape index (κ2) is 5.38. The molecule has 0 aliphatic carbocycles. The van der Waals surface area contributed by atoms with E-state index in [-0.39, 0.29) is 11.4 Å². The molecule has 0 fully saturated rings. The molecule has 1 unspecified atom stereocenters. The number of sulfonamides is 1. The predicted octanol–water partition coefficient (Wildman–Crippen LogP) is 0.875. The van der Waals surface area contributed by atoms with Crippen LogP contribution in [0.25, 0.3) is 0 Å². The smallest absolute Gasteiger partial charge is 0.240 e. The van der Waals surface area contributed by atoms with Crippen LogP contribution in [0.2, 0.25) is 0 Å². The van der Waals surface area contributed by atoms with Gasteiger partial charge in [-0.15, -0.1) is 0 Å². The summed E-state index contributed by atoms with van der Waals surface area (Å²) in [6, 6.07) is 4.50. The Balaban J connectivity index is 2.74. The minimum atomic E-state index is -3.66. The Morgan fingerprint density at radius 1 is 1.38 bits per heavy atom. The lowest BCUT2D eigenvalue weighted by Crippen LogP contribution is -2.31. The Morgan fingerprint density at radius 3 is 2.44 bits per heavy atom. The van der Waals surface area contributed by atoms with E-state index in [9.17, 15) is 17.9 Å². The molecule has 4 nitrogen and oxygen atoms in total. The maximum atomic E-state index is 12.6. The highest BCUT2D eigenvalue weighted by molar-refractivity contribution is 7.89. The van der Waals surface area contributed by atoms with Crippen LogP contribution in [-0.2, 0) is 10.0 Å². The Labute approximate surface area is 94.2 Å². The van der Waals surface area contributed by atoms with Gasteiger partial charge in [-0.2, -0.15) is 0 Å². The maximum Gasteiger partial charge on any atom is 0.240 e. The van der Waals surface area contributed by atoms with E-state index in [1.54, 1.807) is 6.92 Å². The molecule has 1 rings (SSSR count). The zero-order valence-corrected chi connectivity index (χ0v) is 9.67. The summed E-state index contributed by atoms with van der Waals surface area (Å²) in [5, 5.41) is 9.23. The van der Waals surface area contributed by atoms with Crippen LogP contribution in [0.3, 0.4) is 0 Å². The van der Waals surface area contributed by atoms with Crippen LogP contribution in [0.4, 0.5) is 4.39 Å². The first-order valence-corrected chi connectivity index (χ1v) is 6.37. The summed E-state index contributed by atoms with van der Waals surface area (Å²) in [5.74, 6) is -0.493. The average Bonchev–Trinajstić information content (AvgIpc) is 2.26. The predicted molar refractivity (Wildman–Crippen MR) is 57.9 cm³/mol. The highest BCUT2D eigenvalue weighted by Crippen LogP contribution is 2.09. The number of halogens is 1. The molecule has 0 saturated carbocycles. The Bertz CT molecular complexity index is 430. The lowest BCUT2D eigenvalue weighted by atomic mass is 10.3. The van der Waals surface area contributed by atoms with Crippen LogP contribution in [0.5, 0.6) is 0 Å². The van der Waals surface area contributed by atoms with Gasteiger partial charge in [0.1, 0.15) is 5.82 Å². The minimum absolute atomic E-state index is 0.0165. The topological polar surface area (TPSA) is 66.4 Å². The van der Waals surface area contributed by atoms with Gasteiger partial charge in [-0.3, -0.25) is 0 Å². The van der Waals surface area contributed by atoms with E-state index >= 15 is 0 Å². The van der Waals surface area contributed by atoms with Gasteiger partial charge in [-0.1, -0.05) is 6.92 Å². The molecule has 0 aliphatic rings. The molecule has 0 spiro atoms. The fourth-order valence-corrected chi connectivity index (χ4v) is 2.12. The summed E-state index contributed by atoms with van der Waals surface area (Å²) in [6.07, 6.45) is -0.249. The van der Waals surface area contributed by atoms with Crippen molar-refractivity contribution in [1.82, 2.24) is 4.72 Å². The maximum absolute atomic E-state index is 12.6. The van der Waals surface area contributed by atoms with Crippen molar-refractivity contribution in [2.24, 2.45) is 0 Å². The third-order valence-electron chi connectivity index (χ3n) is 2.10. The lowest BCUT2D eigenvalue weighted by molar-refractivity contribution is 0.174. The molecule has 0 amide bonds. The third kappa shape index (κ3) is 3.55. The van der Waals surface area contributed by atoms with Crippen molar-refractivity contribution in [2.75, 3.05) is 6.54 Å². The molecular weight excluding hydrogens is 233 g/mol. The third-order valence-corrected chi connectivity index (χ3v) is 3.54. The molecule has 90 valence electrons. The summed E-state index contributed by atoms with van der Waals surface area (Å²) in [4.78, 5) is -0.0165. The van der Waals surface area contributed by atoms with E-state index in [1.165, 1.54) is 12.1 Å². The molecule has 0 aromatic heterocycles. The minimum Gasteiger partial charge on any atom is -0.392 e. The van der Waals surface area contributed by atoms with Crippen LogP contribution in [0.1, 0.15) is 13.3 Å². The van der Waals surface area contributed by atoms with E-state index in [4.69, 9.17) is 0 Å². The van der Waals surface area contributed by atoms with Gasteiger partial charge in [-0.05, 0) is 30.7 Å². The fourth-order valence-electron chi connectivity index (χ4n) is 1.05. The van der Waals surface area contributed by atoms with Gasteiger partial charge in [-0.25, -0.2) is 17.5 Å². The summed E-state index contributed by atoms with van der Waals surface area (Å²) < 4.78 is 38.1. The van der Waals surface area contributed by atoms with Gasteiger partial charge in [0.05, 0.1) is 11.0 Å². The zero-order valence-electron chi connectivity index (χ0n) is 8.85. The number of nitrogens with one attached hydrogen (secondary N) is 1. The molecule has 0 bridgehead atoms. The molecule has 0 radical (unpaired) electrons. The van der Waals surface area contributed by atoms with Crippen LogP contribution >= 0.6 is 0 Å². The molecule has 2 N–H and O–H groups in total. The fraction of sp³-hybridized carbons (Fsp3) is 0.400. The monoisotopic (exact) mass is 247 g/mol. The Kier molecular flexibility index (Phi) is 4.40. The summed E-state index contributed by atoms with van der Waals surface area (Å²) in [6.45, 7) is 1.70. The molecule has 0 heterocycles. The van der Waals surface area contributed by atoms with Gasteiger partial charge in [0.2, 0.25) is 10.0 Å². The van der Waals surface area contributed by atoms with Crippen LogP contribution in [0.15, 0.2) is 29.2 Å². The Hall–Kier alpha value is -0.980. The van der Waals surface area contributed by atoms with E-state index in [2.05, 4.69) is 4.72 Å². The number of hydrogen-bond donors (Lipinski definition) is 2. The van der Waals surface area contributed by atoms with Crippen molar-refractivity contribution < 1.29 is 17.9 Å². The zero-order chi connectivity index (χ0) is 12.2. The number of rotatable bonds is 5. The van der Waals surface area contributed by atoms with Crippen molar-refractivity contribution in [3.63, 3.8) is 0 Å². The quantitative estimate of drug-likeness (QED) is 0.811. The number of aliphatic hydroxyl groups excluding tert-OH is 1. The number of benzene rings is 1. The molecule has 0 saturated heterocycles. The summed E-state index contributed by atoms with van der Waals surface area (Å²) >= 11 is 0. The van der Waals surface area contributed by atoms with Gasteiger partial charge in [0.15, 0.2) is 0 Å². The van der Waals surface area contributed by atoms with Crippen LogP contribution in [-0.4, -0.2) is 26.2 Å². The Morgan fingerprint density at radius 2 is 1.94 bits per heavy atom.